The van der Waals surface area contributed by atoms with Crippen molar-refractivity contribution in [2.45, 2.75) is 51.5 Å². The minimum absolute atomic E-state index is 0.173. The molecule has 0 unspecified atom stereocenters. The second-order valence-electron chi connectivity index (χ2n) is 13.3. The van der Waals surface area contributed by atoms with Crippen LogP contribution in [-0.4, -0.2) is 84.8 Å². The van der Waals surface area contributed by atoms with E-state index < -0.39 is 30.3 Å². The van der Waals surface area contributed by atoms with E-state index in [0.717, 1.165) is 24.2 Å². The Morgan fingerprint density at radius 3 is 2.31 bits per heavy atom. The number of para-hydroxylation sites is 1. The fraction of sp³-hybridized carbons (Fsp3) is 0.341. The van der Waals surface area contributed by atoms with Gasteiger partial charge in [0.2, 0.25) is 11.8 Å². The van der Waals surface area contributed by atoms with Crippen molar-refractivity contribution >= 4 is 29.1 Å². The highest BCUT2D eigenvalue weighted by atomic mass is 16.5. The summed E-state index contributed by atoms with van der Waals surface area (Å²) in [6, 6.07) is 32.5. The number of carbonyl (C=O) groups excluding carboxylic acids is 4. The summed E-state index contributed by atoms with van der Waals surface area (Å²) < 4.78 is 11.2. The molecule has 1 aliphatic rings. The first-order chi connectivity index (χ1) is 26.3. The van der Waals surface area contributed by atoms with Crippen LogP contribution in [0.4, 0.5) is 5.69 Å². The Labute approximate surface area is 317 Å². The van der Waals surface area contributed by atoms with E-state index >= 15 is 0 Å². The number of carbonyl (C=O) groups is 4. The highest BCUT2D eigenvalue weighted by molar-refractivity contribution is 6.10. The lowest BCUT2D eigenvalue weighted by atomic mass is 9.79. The Morgan fingerprint density at radius 1 is 0.870 bits per heavy atom. The van der Waals surface area contributed by atoms with Crippen LogP contribution < -0.4 is 15.0 Å². The first-order valence-electron chi connectivity index (χ1n) is 18.5. The monoisotopic (exact) mass is 728 g/mol. The molecule has 0 spiro atoms. The minimum Gasteiger partial charge on any atom is -0.492 e. The minimum atomic E-state index is -1.17. The van der Waals surface area contributed by atoms with Crippen molar-refractivity contribution in [1.82, 2.24) is 15.2 Å². The van der Waals surface area contributed by atoms with Crippen molar-refractivity contribution in [3.63, 3.8) is 0 Å². The van der Waals surface area contributed by atoms with Gasteiger partial charge in [0.1, 0.15) is 36.8 Å². The number of hydrogen-bond acceptors (Lipinski definition) is 8. The molecule has 1 aromatic heterocycles. The Hall–Kier alpha value is -5.63. The van der Waals surface area contributed by atoms with E-state index in [2.05, 4.69) is 39.2 Å². The number of benzene rings is 3. The Balaban J connectivity index is 1.10. The number of Topliss-reactive ketones (excluding diaryl/α,β-unsaturated/α-hetero) is 2. The smallest absolute Gasteiger partial charge is 0.246 e. The predicted molar refractivity (Wildman–Crippen MR) is 208 cm³/mol. The Bertz CT molecular complexity index is 1930. The van der Waals surface area contributed by atoms with Crippen LogP contribution in [0.15, 0.2) is 103 Å². The average Bonchev–Trinajstić information content (AvgIpc) is 3.19. The van der Waals surface area contributed by atoms with E-state index in [1.54, 1.807) is 11.8 Å². The van der Waals surface area contributed by atoms with Crippen molar-refractivity contribution in [3.05, 3.63) is 126 Å². The van der Waals surface area contributed by atoms with Gasteiger partial charge in [0.05, 0.1) is 13.0 Å². The van der Waals surface area contributed by atoms with Crippen LogP contribution in [0.25, 0.3) is 0 Å². The lowest BCUT2D eigenvalue weighted by Crippen LogP contribution is -2.62. The van der Waals surface area contributed by atoms with E-state index in [0.29, 0.717) is 43.1 Å². The molecule has 10 nitrogen and oxygen atoms in total. The van der Waals surface area contributed by atoms with Crippen LogP contribution in [0.5, 0.6) is 5.75 Å². The van der Waals surface area contributed by atoms with Gasteiger partial charge in [0.15, 0.2) is 11.6 Å². The maximum absolute atomic E-state index is 14.2. The molecule has 5 rings (SSSR count). The molecule has 0 radical (unpaired) electrons. The zero-order valence-electron chi connectivity index (χ0n) is 31.1. The number of likely N-dealkylation sites (tertiary alicyclic amines) is 1. The molecule has 10 heteroatoms. The summed E-state index contributed by atoms with van der Waals surface area (Å²) in [4.78, 5) is 61.6. The number of ether oxygens (including phenoxy) is 2. The van der Waals surface area contributed by atoms with Crippen molar-refractivity contribution < 1.29 is 28.7 Å². The molecule has 280 valence electrons. The standard InChI is InChI=1S/C44H48N4O6/c1-3-43(52)48(38-17-8-5-9-18-38)44(23-27-47(28-24-44)26-22-35-13-6-4-7-14-35)41(50)31-39(49)32-53-33-42(51)45-25-29-54-40-19-11-15-36(30-40)20-21-37-16-10-12-34(2)46-37/h4-19,30H,3,22-29,31-33H2,1-2H3,(H,45,51). The number of ketones is 2. The lowest BCUT2D eigenvalue weighted by Gasteiger charge is -2.47. The van der Waals surface area contributed by atoms with Gasteiger partial charge in [-0.1, -0.05) is 73.5 Å². The van der Waals surface area contributed by atoms with Crippen molar-refractivity contribution in [3.8, 4) is 17.6 Å². The quantitative estimate of drug-likeness (QED) is 0.0879. The number of piperidine rings is 1. The summed E-state index contributed by atoms with van der Waals surface area (Å²) in [6.45, 7) is 5.45. The second kappa shape index (κ2) is 20.0. The summed E-state index contributed by atoms with van der Waals surface area (Å²) >= 11 is 0. The molecular formula is C44H48N4O6. The normalized spacial score (nSPS) is 13.6. The highest BCUT2D eigenvalue weighted by Gasteiger charge is 2.48. The number of hydrogen-bond donors (Lipinski definition) is 1. The molecule has 0 aliphatic carbocycles. The highest BCUT2D eigenvalue weighted by Crippen LogP contribution is 2.36. The first kappa shape index (κ1) is 39.6. The van der Waals surface area contributed by atoms with Crippen molar-refractivity contribution in [2.24, 2.45) is 0 Å². The molecule has 0 bridgehead atoms. The molecule has 54 heavy (non-hydrogen) atoms. The average molecular weight is 729 g/mol. The SMILES string of the molecule is CCC(=O)N(c1ccccc1)C1(C(=O)CC(=O)COCC(=O)NCCOc2cccc(C#Cc3cccc(C)n3)c2)CCN(CCc2ccccc2)CC1. The third-order valence-electron chi connectivity index (χ3n) is 9.36. The van der Waals surface area contributed by atoms with Crippen LogP contribution in [0.2, 0.25) is 0 Å². The zero-order valence-corrected chi connectivity index (χ0v) is 31.1. The topological polar surface area (TPSA) is 118 Å². The van der Waals surface area contributed by atoms with Crippen LogP contribution in [-0.2, 0) is 30.3 Å². The predicted octanol–water partition coefficient (Wildman–Crippen LogP) is 5.35. The summed E-state index contributed by atoms with van der Waals surface area (Å²) in [6.07, 6.45) is 1.51. The van der Waals surface area contributed by atoms with Crippen LogP contribution in [0, 0.1) is 18.8 Å². The molecule has 1 fully saturated rings. The number of nitrogens with one attached hydrogen (secondary N) is 1. The van der Waals surface area contributed by atoms with Gasteiger partial charge >= 0.3 is 0 Å². The number of nitrogens with zero attached hydrogens (tertiary/aromatic N) is 3. The van der Waals surface area contributed by atoms with Crippen LogP contribution in [0.1, 0.15) is 55.1 Å². The summed E-state index contributed by atoms with van der Waals surface area (Å²) in [5.74, 6) is 5.41. The fourth-order valence-electron chi connectivity index (χ4n) is 6.55. The molecule has 1 aliphatic heterocycles. The zero-order chi connectivity index (χ0) is 38.2. The van der Waals surface area contributed by atoms with E-state index in [-0.39, 0.29) is 37.9 Å². The molecule has 1 saturated heterocycles. The molecule has 1 N–H and O–H groups in total. The van der Waals surface area contributed by atoms with E-state index in [9.17, 15) is 19.2 Å². The molecule has 0 atom stereocenters. The van der Waals surface area contributed by atoms with Gasteiger partial charge in [-0.3, -0.25) is 24.1 Å². The van der Waals surface area contributed by atoms with Gasteiger partial charge in [-0.25, -0.2) is 4.98 Å². The number of rotatable bonds is 17. The third kappa shape index (κ3) is 11.4. The summed E-state index contributed by atoms with van der Waals surface area (Å²) in [7, 11) is 0. The number of anilines is 1. The van der Waals surface area contributed by atoms with Crippen LogP contribution >= 0.6 is 0 Å². The van der Waals surface area contributed by atoms with E-state index in [1.807, 2.05) is 97.9 Å². The molecule has 2 amide bonds. The molecule has 2 heterocycles. The van der Waals surface area contributed by atoms with Gasteiger partial charge in [0, 0.05) is 43.0 Å². The van der Waals surface area contributed by atoms with Gasteiger partial charge in [-0.2, -0.15) is 0 Å². The maximum Gasteiger partial charge on any atom is 0.246 e. The number of pyridine rings is 1. The van der Waals surface area contributed by atoms with Crippen molar-refractivity contribution in [2.75, 3.05) is 50.9 Å². The van der Waals surface area contributed by atoms with Crippen LogP contribution in [0.3, 0.4) is 0 Å². The molecular weight excluding hydrogens is 681 g/mol. The number of aryl methyl sites for hydroxylation is 1. The van der Waals surface area contributed by atoms with E-state index in [1.165, 1.54) is 5.56 Å². The van der Waals surface area contributed by atoms with Crippen molar-refractivity contribution in [1.29, 1.82) is 0 Å². The second-order valence-corrected chi connectivity index (χ2v) is 13.3. The van der Waals surface area contributed by atoms with Gasteiger partial charge in [-0.05, 0) is 80.1 Å². The molecule has 0 saturated carbocycles. The third-order valence-corrected chi connectivity index (χ3v) is 9.36. The van der Waals surface area contributed by atoms with Gasteiger partial charge in [0.25, 0.3) is 0 Å². The molecule has 4 aromatic rings. The number of amides is 2. The largest absolute Gasteiger partial charge is 0.492 e. The fourth-order valence-corrected chi connectivity index (χ4v) is 6.55. The Kier molecular flexibility index (Phi) is 14.7. The van der Waals surface area contributed by atoms with Gasteiger partial charge < -0.3 is 19.7 Å². The van der Waals surface area contributed by atoms with Gasteiger partial charge in [-0.15, -0.1) is 0 Å². The summed E-state index contributed by atoms with van der Waals surface area (Å²) in [5, 5.41) is 2.72. The lowest BCUT2D eigenvalue weighted by molar-refractivity contribution is -0.136. The maximum atomic E-state index is 14.2. The Morgan fingerprint density at radius 2 is 1.59 bits per heavy atom. The molecule has 3 aromatic carbocycles. The summed E-state index contributed by atoms with van der Waals surface area (Å²) in [5.41, 5.74) is 3.07. The van der Waals surface area contributed by atoms with E-state index in [4.69, 9.17) is 9.47 Å². The first-order valence-corrected chi connectivity index (χ1v) is 18.5. The number of aromatic nitrogens is 1.